The van der Waals surface area contributed by atoms with Crippen LogP contribution >= 0.6 is 0 Å². The van der Waals surface area contributed by atoms with E-state index in [1.54, 1.807) is 0 Å². The van der Waals surface area contributed by atoms with E-state index in [2.05, 4.69) is 11.8 Å². The molecule has 0 aromatic rings. The first kappa shape index (κ1) is 10.4. The van der Waals surface area contributed by atoms with Crippen LogP contribution in [0, 0.1) is 5.92 Å². The van der Waals surface area contributed by atoms with Gasteiger partial charge in [-0.05, 0) is 51.0 Å². The van der Waals surface area contributed by atoms with Crippen molar-refractivity contribution in [1.82, 2.24) is 4.90 Å². The molecule has 2 aliphatic rings. The smallest absolute Gasteiger partial charge is 0.0283 e. The maximum Gasteiger partial charge on any atom is 0.0283 e. The lowest BCUT2D eigenvalue weighted by Crippen LogP contribution is -2.55. The molecule has 0 heterocycles. The number of hydrogen-bond donors (Lipinski definition) is 1. The molecule has 2 aliphatic carbocycles. The normalized spacial score (nSPS) is 25.1. The Balaban J connectivity index is 1.76. The van der Waals surface area contributed by atoms with Crippen LogP contribution in [-0.4, -0.2) is 30.1 Å². The highest BCUT2D eigenvalue weighted by Crippen LogP contribution is 2.33. The highest BCUT2D eigenvalue weighted by Gasteiger charge is 2.35. The molecule has 2 fully saturated rings. The quantitative estimate of drug-likeness (QED) is 0.704. The van der Waals surface area contributed by atoms with E-state index in [1.165, 1.54) is 51.6 Å². The summed E-state index contributed by atoms with van der Waals surface area (Å²) in [6.45, 7) is 5.98. The molecule has 0 saturated heterocycles. The average molecular weight is 196 g/mol. The second-order valence-corrected chi connectivity index (χ2v) is 5.39. The van der Waals surface area contributed by atoms with Crippen LogP contribution in [0.25, 0.3) is 0 Å². The van der Waals surface area contributed by atoms with Gasteiger partial charge < -0.3 is 10.6 Å². The summed E-state index contributed by atoms with van der Waals surface area (Å²) >= 11 is 0. The summed E-state index contributed by atoms with van der Waals surface area (Å²) in [7, 11) is 0. The summed E-state index contributed by atoms with van der Waals surface area (Å²) < 4.78 is 0. The number of rotatable bonds is 6. The maximum atomic E-state index is 6.29. The molecule has 0 bridgehead atoms. The highest BCUT2D eigenvalue weighted by molar-refractivity contribution is 4.95. The van der Waals surface area contributed by atoms with E-state index in [-0.39, 0.29) is 5.54 Å². The number of hydrogen-bond acceptors (Lipinski definition) is 2. The van der Waals surface area contributed by atoms with Crippen molar-refractivity contribution < 1.29 is 0 Å². The first-order valence-electron chi connectivity index (χ1n) is 6.23. The van der Waals surface area contributed by atoms with Crippen molar-refractivity contribution in [3.05, 3.63) is 0 Å². The van der Waals surface area contributed by atoms with Crippen molar-refractivity contribution >= 4 is 0 Å². The molecule has 0 amide bonds. The number of nitrogens with two attached hydrogens (primary N) is 1. The minimum Gasteiger partial charge on any atom is -0.324 e. The Kier molecular flexibility index (Phi) is 3.13. The van der Waals surface area contributed by atoms with Crippen LogP contribution in [0.15, 0.2) is 0 Å². The summed E-state index contributed by atoms with van der Waals surface area (Å²) in [4.78, 5) is 2.61. The third kappa shape index (κ3) is 2.71. The van der Waals surface area contributed by atoms with Gasteiger partial charge >= 0.3 is 0 Å². The van der Waals surface area contributed by atoms with Gasteiger partial charge in [0.25, 0.3) is 0 Å². The van der Waals surface area contributed by atoms with E-state index in [0.29, 0.717) is 0 Å². The fourth-order valence-electron chi connectivity index (χ4n) is 2.45. The third-order valence-electron chi connectivity index (χ3n) is 3.64. The summed E-state index contributed by atoms with van der Waals surface area (Å²) in [6, 6.07) is 0. The fourth-order valence-corrected chi connectivity index (χ4v) is 2.45. The third-order valence-corrected chi connectivity index (χ3v) is 3.64. The van der Waals surface area contributed by atoms with E-state index in [1.807, 2.05) is 0 Å². The van der Waals surface area contributed by atoms with Crippen molar-refractivity contribution in [3.8, 4) is 0 Å². The van der Waals surface area contributed by atoms with Gasteiger partial charge in [0.15, 0.2) is 0 Å². The lowest BCUT2D eigenvalue weighted by Gasteiger charge is -2.42. The zero-order valence-corrected chi connectivity index (χ0v) is 9.47. The molecule has 2 heteroatoms. The predicted octanol–water partition coefficient (Wildman–Crippen LogP) is 1.99. The first-order valence-corrected chi connectivity index (χ1v) is 6.23. The molecule has 14 heavy (non-hydrogen) atoms. The highest BCUT2D eigenvalue weighted by atomic mass is 15.2. The van der Waals surface area contributed by atoms with E-state index in [9.17, 15) is 0 Å². The minimum absolute atomic E-state index is 0.185. The Morgan fingerprint density at radius 1 is 1.36 bits per heavy atom. The molecule has 2 saturated carbocycles. The lowest BCUT2D eigenvalue weighted by molar-refractivity contribution is 0.140. The molecule has 2 N–H and O–H groups in total. The topological polar surface area (TPSA) is 29.3 Å². The summed E-state index contributed by atoms with van der Waals surface area (Å²) in [6.07, 6.45) is 8.02. The van der Waals surface area contributed by atoms with Crippen LogP contribution in [0.5, 0.6) is 0 Å². The largest absolute Gasteiger partial charge is 0.324 e. The zero-order valence-electron chi connectivity index (χ0n) is 9.47. The second-order valence-electron chi connectivity index (χ2n) is 5.39. The van der Waals surface area contributed by atoms with Gasteiger partial charge in [0, 0.05) is 18.6 Å². The Morgan fingerprint density at radius 2 is 2.07 bits per heavy atom. The van der Waals surface area contributed by atoms with Gasteiger partial charge in [0.05, 0.1) is 0 Å². The lowest BCUT2D eigenvalue weighted by atomic mass is 9.77. The van der Waals surface area contributed by atoms with Crippen molar-refractivity contribution in [2.24, 2.45) is 11.7 Å². The van der Waals surface area contributed by atoms with Crippen LogP contribution < -0.4 is 5.73 Å². The van der Waals surface area contributed by atoms with Crippen LogP contribution in [0.3, 0.4) is 0 Å². The standard InChI is InChI=1S/C12H24N2/c1-2-8-14(9-11-4-5-11)10-12(13)6-3-7-12/h11H,2-10,13H2,1H3. The molecule has 0 radical (unpaired) electrons. The van der Waals surface area contributed by atoms with Crippen molar-refractivity contribution in [3.63, 3.8) is 0 Å². The predicted molar refractivity (Wildman–Crippen MR) is 60.2 cm³/mol. The molecule has 0 aliphatic heterocycles. The second kappa shape index (κ2) is 4.19. The minimum atomic E-state index is 0.185. The Bertz CT molecular complexity index is 183. The Morgan fingerprint density at radius 3 is 2.50 bits per heavy atom. The van der Waals surface area contributed by atoms with Crippen LogP contribution in [0.1, 0.15) is 45.4 Å². The zero-order chi connectivity index (χ0) is 10.0. The van der Waals surface area contributed by atoms with E-state index < -0.39 is 0 Å². The molecule has 0 atom stereocenters. The van der Waals surface area contributed by atoms with E-state index in [4.69, 9.17) is 5.73 Å². The summed E-state index contributed by atoms with van der Waals surface area (Å²) in [5, 5.41) is 0. The van der Waals surface area contributed by atoms with Crippen LogP contribution in [0.2, 0.25) is 0 Å². The molecule has 2 nitrogen and oxygen atoms in total. The van der Waals surface area contributed by atoms with Gasteiger partial charge in [-0.3, -0.25) is 0 Å². The van der Waals surface area contributed by atoms with Gasteiger partial charge in [0.2, 0.25) is 0 Å². The summed E-state index contributed by atoms with van der Waals surface area (Å²) in [5.74, 6) is 1.00. The molecule has 0 unspecified atom stereocenters. The fraction of sp³-hybridized carbons (Fsp3) is 1.00. The molecule has 0 aromatic carbocycles. The Labute approximate surface area is 87.8 Å². The van der Waals surface area contributed by atoms with Crippen molar-refractivity contribution in [1.29, 1.82) is 0 Å². The molecule has 82 valence electrons. The monoisotopic (exact) mass is 196 g/mol. The maximum absolute atomic E-state index is 6.29. The van der Waals surface area contributed by atoms with Gasteiger partial charge in [-0.2, -0.15) is 0 Å². The Hall–Kier alpha value is -0.0800. The van der Waals surface area contributed by atoms with Crippen LogP contribution in [-0.2, 0) is 0 Å². The SMILES string of the molecule is CCCN(CC1CC1)CC1(N)CCC1. The average Bonchev–Trinajstić information content (AvgIpc) is 2.86. The molecule has 0 spiro atoms. The molecular weight excluding hydrogens is 172 g/mol. The van der Waals surface area contributed by atoms with Crippen LogP contribution in [0.4, 0.5) is 0 Å². The van der Waals surface area contributed by atoms with Gasteiger partial charge in [-0.1, -0.05) is 6.92 Å². The number of nitrogens with zero attached hydrogens (tertiary/aromatic N) is 1. The first-order chi connectivity index (χ1) is 6.72. The van der Waals surface area contributed by atoms with Gasteiger partial charge in [-0.15, -0.1) is 0 Å². The molecule has 2 rings (SSSR count). The van der Waals surface area contributed by atoms with Crippen molar-refractivity contribution in [2.45, 2.75) is 51.0 Å². The molecular formula is C12H24N2. The molecule has 0 aromatic heterocycles. The van der Waals surface area contributed by atoms with Crippen molar-refractivity contribution in [2.75, 3.05) is 19.6 Å². The van der Waals surface area contributed by atoms with E-state index in [0.717, 1.165) is 12.5 Å². The summed E-state index contributed by atoms with van der Waals surface area (Å²) in [5.41, 5.74) is 6.47. The van der Waals surface area contributed by atoms with Gasteiger partial charge in [-0.25, -0.2) is 0 Å². The van der Waals surface area contributed by atoms with Gasteiger partial charge in [0.1, 0.15) is 0 Å². The van der Waals surface area contributed by atoms with E-state index >= 15 is 0 Å².